The van der Waals surface area contributed by atoms with Crippen molar-refractivity contribution in [3.63, 3.8) is 0 Å². The molecule has 6 atom stereocenters. The van der Waals surface area contributed by atoms with Gasteiger partial charge in [0, 0.05) is 13.0 Å². The molecule has 0 aliphatic carbocycles. The van der Waals surface area contributed by atoms with Gasteiger partial charge in [-0.3, -0.25) is 4.79 Å². The Morgan fingerprint density at radius 3 is 1.73 bits per heavy atom. The van der Waals surface area contributed by atoms with Gasteiger partial charge in [0.05, 0.1) is 19.8 Å². The van der Waals surface area contributed by atoms with E-state index in [9.17, 15) is 25.2 Å². The van der Waals surface area contributed by atoms with Crippen molar-refractivity contribution in [2.45, 2.75) is 205 Å². The van der Waals surface area contributed by atoms with Crippen LogP contribution < -0.4 is 0 Å². The molecule has 304 valence electrons. The lowest BCUT2D eigenvalue weighted by Gasteiger charge is -2.39. The van der Waals surface area contributed by atoms with Gasteiger partial charge in [-0.2, -0.15) is 0 Å². The summed E-state index contributed by atoms with van der Waals surface area (Å²) in [6.07, 6.45) is 33.0. The molecule has 1 heterocycles. The molecule has 1 fully saturated rings. The summed E-state index contributed by atoms with van der Waals surface area (Å²) >= 11 is 0. The van der Waals surface area contributed by atoms with E-state index in [4.69, 9.17) is 18.9 Å². The lowest BCUT2D eigenvalue weighted by atomic mass is 9.99. The average Bonchev–Trinajstić information content (AvgIpc) is 3.14. The van der Waals surface area contributed by atoms with Crippen LogP contribution in [0.5, 0.6) is 0 Å². The molecule has 9 nitrogen and oxygen atoms in total. The minimum Gasteiger partial charge on any atom is -0.457 e. The molecule has 52 heavy (non-hydrogen) atoms. The van der Waals surface area contributed by atoms with Gasteiger partial charge in [0.2, 0.25) is 0 Å². The number of aliphatic hydroxyl groups excluding tert-OH is 4. The second-order valence-electron chi connectivity index (χ2n) is 14.4. The van der Waals surface area contributed by atoms with E-state index in [0.717, 1.165) is 64.2 Å². The summed E-state index contributed by atoms with van der Waals surface area (Å²) < 4.78 is 22.7. The number of esters is 1. The van der Waals surface area contributed by atoms with E-state index in [1.54, 1.807) is 0 Å². The van der Waals surface area contributed by atoms with Gasteiger partial charge < -0.3 is 39.4 Å². The topological polar surface area (TPSA) is 135 Å². The highest BCUT2D eigenvalue weighted by molar-refractivity contribution is 5.69. The van der Waals surface area contributed by atoms with E-state index in [1.165, 1.54) is 83.5 Å². The van der Waals surface area contributed by atoms with E-state index in [-0.39, 0.29) is 19.2 Å². The minimum absolute atomic E-state index is 0.121. The zero-order valence-electron chi connectivity index (χ0n) is 33.1. The highest BCUT2D eigenvalue weighted by Gasteiger charge is 2.44. The maximum atomic E-state index is 12.7. The van der Waals surface area contributed by atoms with Crippen molar-refractivity contribution in [3.8, 4) is 0 Å². The van der Waals surface area contributed by atoms with Gasteiger partial charge in [-0.25, -0.2) is 0 Å². The second-order valence-corrected chi connectivity index (χ2v) is 14.4. The predicted octanol–water partition coefficient (Wildman–Crippen LogP) is 8.80. The second kappa shape index (κ2) is 35.1. The maximum Gasteiger partial charge on any atom is 0.306 e. The Kier molecular flexibility index (Phi) is 32.7. The van der Waals surface area contributed by atoms with Gasteiger partial charge in [-0.15, -0.1) is 0 Å². The first-order valence-electron chi connectivity index (χ1n) is 21.1. The minimum atomic E-state index is -1.54. The number of carbonyl (C=O) groups excluding carboxylic acids is 1. The van der Waals surface area contributed by atoms with Crippen molar-refractivity contribution in [1.29, 1.82) is 0 Å². The number of aliphatic hydroxyl groups is 4. The molecule has 0 aromatic heterocycles. The molecule has 9 heteroatoms. The summed E-state index contributed by atoms with van der Waals surface area (Å²) in [7, 11) is 0. The molecular weight excluding hydrogens is 660 g/mol. The summed E-state index contributed by atoms with van der Waals surface area (Å²) in [4.78, 5) is 12.7. The number of hydrogen-bond donors (Lipinski definition) is 4. The number of allylic oxidation sites excluding steroid dienone is 6. The maximum absolute atomic E-state index is 12.7. The molecule has 0 saturated carbocycles. The Balaban J connectivity index is 2.31. The van der Waals surface area contributed by atoms with Crippen LogP contribution in [0.4, 0.5) is 0 Å². The van der Waals surface area contributed by atoms with Crippen LogP contribution in [-0.2, 0) is 23.7 Å². The highest BCUT2D eigenvalue weighted by atomic mass is 16.7. The summed E-state index contributed by atoms with van der Waals surface area (Å²) in [5.41, 5.74) is 0. The van der Waals surface area contributed by atoms with Crippen LogP contribution in [0, 0.1) is 0 Å². The van der Waals surface area contributed by atoms with Crippen molar-refractivity contribution in [1.82, 2.24) is 0 Å². The van der Waals surface area contributed by atoms with Gasteiger partial charge in [0.15, 0.2) is 6.29 Å². The molecule has 0 radical (unpaired) electrons. The highest BCUT2D eigenvalue weighted by Crippen LogP contribution is 2.22. The quantitative estimate of drug-likeness (QED) is 0.0286. The van der Waals surface area contributed by atoms with E-state index in [1.807, 2.05) is 0 Å². The van der Waals surface area contributed by atoms with Gasteiger partial charge in [-0.05, 0) is 64.2 Å². The SMILES string of the molecule is CCCC/C=C\C/C=C\CCCCCCCCOCC(COC1OC(CO)C(O)C(O)C1O)OC(=O)CCCCCCC/C=C\CCCCCCC. The van der Waals surface area contributed by atoms with Crippen LogP contribution in [0.1, 0.15) is 168 Å². The first kappa shape index (κ1) is 48.4. The molecule has 1 aliphatic rings. The lowest BCUT2D eigenvalue weighted by molar-refractivity contribution is -0.305. The Labute approximate surface area is 317 Å². The number of unbranched alkanes of at least 4 members (excludes halogenated alkanes) is 18. The average molecular weight is 739 g/mol. The summed E-state index contributed by atoms with van der Waals surface area (Å²) in [5.74, 6) is -0.328. The molecule has 4 N–H and O–H groups in total. The number of carbonyl (C=O) groups is 1. The molecule has 1 aliphatic heterocycles. The fourth-order valence-electron chi connectivity index (χ4n) is 6.15. The number of hydrogen-bond acceptors (Lipinski definition) is 9. The van der Waals surface area contributed by atoms with Crippen LogP contribution in [0.2, 0.25) is 0 Å². The Morgan fingerprint density at radius 1 is 0.615 bits per heavy atom. The van der Waals surface area contributed by atoms with E-state index in [2.05, 4.69) is 50.3 Å². The Bertz CT molecular complexity index is 890. The fourth-order valence-corrected chi connectivity index (χ4v) is 6.15. The van der Waals surface area contributed by atoms with Crippen LogP contribution in [0.25, 0.3) is 0 Å². The van der Waals surface area contributed by atoms with Crippen LogP contribution in [0.15, 0.2) is 36.5 Å². The summed E-state index contributed by atoms with van der Waals surface area (Å²) in [5, 5.41) is 40.0. The van der Waals surface area contributed by atoms with E-state index in [0.29, 0.717) is 13.0 Å². The molecule has 0 bridgehead atoms. The smallest absolute Gasteiger partial charge is 0.306 e. The van der Waals surface area contributed by atoms with Gasteiger partial charge in [0.1, 0.15) is 30.5 Å². The number of ether oxygens (including phenoxy) is 4. The monoisotopic (exact) mass is 739 g/mol. The van der Waals surface area contributed by atoms with Gasteiger partial charge in [-0.1, -0.05) is 134 Å². The van der Waals surface area contributed by atoms with Crippen molar-refractivity contribution < 1.29 is 44.2 Å². The molecule has 6 unspecified atom stereocenters. The Hall–Kier alpha value is -1.59. The van der Waals surface area contributed by atoms with Crippen molar-refractivity contribution in [3.05, 3.63) is 36.5 Å². The fraction of sp³-hybridized carbons (Fsp3) is 0.837. The third kappa shape index (κ3) is 26.2. The first-order chi connectivity index (χ1) is 25.4. The molecular formula is C43H78O9. The zero-order chi connectivity index (χ0) is 37.9. The largest absolute Gasteiger partial charge is 0.457 e. The molecule has 1 saturated heterocycles. The molecule has 0 aromatic rings. The molecule has 0 aromatic carbocycles. The van der Waals surface area contributed by atoms with Crippen LogP contribution in [-0.4, -0.2) is 89.6 Å². The van der Waals surface area contributed by atoms with Crippen LogP contribution >= 0.6 is 0 Å². The first-order valence-corrected chi connectivity index (χ1v) is 21.1. The molecule has 0 spiro atoms. The van der Waals surface area contributed by atoms with Gasteiger partial charge in [0.25, 0.3) is 0 Å². The molecule has 0 amide bonds. The van der Waals surface area contributed by atoms with Crippen molar-refractivity contribution >= 4 is 5.97 Å². The number of rotatable bonds is 35. The third-order valence-corrected chi connectivity index (χ3v) is 9.53. The predicted molar refractivity (Wildman–Crippen MR) is 210 cm³/mol. The van der Waals surface area contributed by atoms with Gasteiger partial charge >= 0.3 is 5.97 Å². The van der Waals surface area contributed by atoms with Crippen molar-refractivity contribution in [2.75, 3.05) is 26.4 Å². The summed E-state index contributed by atoms with van der Waals surface area (Å²) in [6.45, 7) is 4.47. The normalized spacial score (nSPS) is 21.5. The summed E-state index contributed by atoms with van der Waals surface area (Å²) in [6, 6.07) is 0. The zero-order valence-corrected chi connectivity index (χ0v) is 33.1. The van der Waals surface area contributed by atoms with E-state index < -0.39 is 43.4 Å². The van der Waals surface area contributed by atoms with Crippen molar-refractivity contribution in [2.24, 2.45) is 0 Å². The lowest BCUT2D eigenvalue weighted by Crippen LogP contribution is -2.59. The Morgan fingerprint density at radius 2 is 1.13 bits per heavy atom. The standard InChI is InChI=1S/C43H78O9/c1-3-5-7-9-11-13-15-17-19-21-23-25-27-29-31-33-49-35-37(36-50-43-42(48)41(47)40(46)38(34-44)52-43)51-39(45)32-30-28-26-24-22-20-18-16-14-12-10-8-6-4-2/h9,11,15-18,37-38,40-44,46-48H,3-8,10,12-14,19-36H2,1-2H3/b11-9-,17-15-,18-16-. The third-order valence-electron chi connectivity index (χ3n) is 9.53. The van der Waals surface area contributed by atoms with E-state index >= 15 is 0 Å². The van der Waals surface area contributed by atoms with Crippen LogP contribution in [0.3, 0.4) is 0 Å². The molecule has 1 rings (SSSR count).